The molecule has 0 radical (unpaired) electrons. The first-order chi connectivity index (χ1) is 13.0. The summed E-state index contributed by atoms with van der Waals surface area (Å²) in [6, 6.07) is -0.621. The van der Waals surface area contributed by atoms with Crippen LogP contribution in [0, 0.1) is 6.92 Å². The van der Waals surface area contributed by atoms with Crippen molar-refractivity contribution in [3.63, 3.8) is 0 Å². The molecule has 1 fully saturated rings. The van der Waals surface area contributed by atoms with Crippen LogP contribution in [0.4, 0.5) is 4.79 Å². The molecule has 27 heavy (non-hydrogen) atoms. The number of morpholine rings is 1. The number of amides is 2. The van der Waals surface area contributed by atoms with Crippen LogP contribution in [0.1, 0.15) is 15.5 Å². The van der Waals surface area contributed by atoms with Crippen LogP contribution in [0.2, 0.25) is 0 Å². The minimum absolute atomic E-state index is 0.0822. The molecule has 140 valence electrons. The van der Waals surface area contributed by atoms with Crippen molar-refractivity contribution in [3.05, 3.63) is 28.5 Å². The number of ether oxygens (including phenoxy) is 1. The third-order valence-electron chi connectivity index (χ3n) is 4.08. The van der Waals surface area contributed by atoms with Gasteiger partial charge < -0.3 is 15.4 Å². The second-order valence-electron chi connectivity index (χ2n) is 5.84. The smallest absolute Gasteiger partial charge is 0.324 e. The summed E-state index contributed by atoms with van der Waals surface area (Å²) in [7, 11) is 0. The summed E-state index contributed by atoms with van der Waals surface area (Å²) in [5.74, 6) is 0.308. The number of nitrogens with two attached hydrogens (primary N) is 1. The summed E-state index contributed by atoms with van der Waals surface area (Å²) >= 11 is 2.67. The van der Waals surface area contributed by atoms with Crippen molar-refractivity contribution >= 4 is 34.6 Å². The largest absolute Gasteiger partial charge is 0.378 e. The summed E-state index contributed by atoms with van der Waals surface area (Å²) in [5, 5.41) is 2.86. The minimum Gasteiger partial charge on any atom is -0.378 e. The van der Waals surface area contributed by atoms with Crippen molar-refractivity contribution < 1.29 is 14.3 Å². The lowest BCUT2D eigenvalue weighted by molar-refractivity contribution is 0.0302. The van der Waals surface area contributed by atoms with Crippen LogP contribution in [0.25, 0.3) is 21.4 Å². The van der Waals surface area contributed by atoms with E-state index in [-0.39, 0.29) is 5.91 Å². The Hall–Kier alpha value is -2.63. The van der Waals surface area contributed by atoms with Crippen LogP contribution in [-0.4, -0.2) is 62.7 Å². The second-order valence-corrected chi connectivity index (χ2v) is 7.69. The van der Waals surface area contributed by atoms with Gasteiger partial charge in [-0.3, -0.25) is 4.79 Å². The van der Waals surface area contributed by atoms with E-state index < -0.39 is 6.03 Å². The molecule has 2 amide bonds. The zero-order chi connectivity index (χ0) is 19.0. The molecule has 0 spiro atoms. The maximum absolute atomic E-state index is 12.6. The molecule has 3 aromatic rings. The maximum Gasteiger partial charge on any atom is 0.324 e. The van der Waals surface area contributed by atoms with Crippen molar-refractivity contribution in [2.75, 3.05) is 26.3 Å². The highest BCUT2D eigenvalue weighted by atomic mass is 32.1. The lowest BCUT2D eigenvalue weighted by Crippen LogP contribution is -2.40. The average molecular weight is 404 g/mol. The van der Waals surface area contributed by atoms with Gasteiger partial charge >= 0.3 is 6.03 Å². The van der Waals surface area contributed by atoms with Gasteiger partial charge in [-0.25, -0.2) is 24.3 Å². The number of aromatic nitrogens is 4. The minimum atomic E-state index is -0.621. The van der Waals surface area contributed by atoms with E-state index in [4.69, 9.17) is 10.5 Å². The first-order valence-corrected chi connectivity index (χ1v) is 9.88. The quantitative estimate of drug-likeness (QED) is 0.712. The molecule has 11 heteroatoms. The van der Waals surface area contributed by atoms with E-state index in [1.165, 1.54) is 39.6 Å². The van der Waals surface area contributed by atoms with Gasteiger partial charge in [-0.1, -0.05) is 0 Å². The summed E-state index contributed by atoms with van der Waals surface area (Å²) < 4.78 is 6.53. The Labute approximate surface area is 162 Å². The Bertz CT molecular complexity index is 1000. The Kier molecular flexibility index (Phi) is 4.72. The van der Waals surface area contributed by atoms with Gasteiger partial charge in [0.15, 0.2) is 15.8 Å². The molecule has 0 bridgehead atoms. The summed E-state index contributed by atoms with van der Waals surface area (Å²) in [4.78, 5) is 39.8. The number of carbonyl (C=O) groups is 2. The van der Waals surface area contributed by atoms with E-state index in [0.29, 0.717) is 47.8 Å². The van der Waals surface area contributed by atoms with Gasteiger partial charge in [0.2, 0.25) is 0 Å². The fourth-order valence-electron chi connectivity index (χ4n) is 2.75. The first kappa shape index (κ1) is 17.8. The number of primary amides is 1. The standard InChI is InChI=1S/C16H16N6O3S2/c1-9-11(27-13(19-9)12-18-2-3-22(12)16(17)24)10-8-26-14(20-10)15(23)21-4-6-25-7-5-21/h2-3,8H,4-7H2,1H3,(H2,17,24). The van der Waals surface area contributed by atoms with Crippen molar-refractivity contribution in [3.8, 4) is 21.4 Å². The van der Waals surface area contributed by atoms with E-state index in [2.05, 4.69) is 15.0 Å². The van der Waals surface area contributed by atoms with E-state index in [9.17, 15) is 9.59 Å². The summed E-state index contributed by atoms with van der Waals surface area (Å²) in [6.07, 6.45) is 2.99. The van der Waals surface area contributed by atoms with Gasteiger partial charge in [-0.05, 0) is 6.92 Å². The Balaban J connectivity index is 1.62. The number of hydrogen-bond acceptors (Lipinski definition) is 8. The van der Waals surface area contributed by atoms with Gasteiger partial charge in [0, 0.05) is 30.9 Å². The molecule has 2 N–H and O–H groups in total. The maximum atomic E-state index is 12.6. The average Bonchev–Trinajstić information content (AvgIpc) is 3.40. The highest BCUT2D eigenvalue weighted by molar-refractivity contribution is 7.19. The third kappa shape index (κ3) is 3.36. The van der Waals surface area contributed by atoms with Gasteiger partial charge in [0.1, 0.15) is 0 Å². The lowest BCUT2D eigenvalue weighted by Gasteiger charge is -2.25. The van der Waals surface area contributed by atoms with Crippen molar-refractivity contribution in [2.45, 2.75) is 6.92 Å². The molecule has 9 nitrogen and oxygen atoms in total. The molecule has 3 aromatic heterocycles. The molecule has 1 aliphatic heterocycles. The van der Waals surface area contributed by atoms with Crippen LogP contribution in [0.5, 0.6) is 0 Å². The van der Waals surface area contributed by atoms with Gasteiger partial charge in [-0.2, -0.15) is 0 Å². The van der Waals surface area contributed by atoms with Crippen LogP contribution in [-0.2, 0) is 4.74 Å². The molecule has 1 aliphatic rings. The van der Waals surface area contributed by atoms with E-state index in [1.807, 2.05) is 12.3 Å². The number of rotatable bonds is 3. The SMILES string of the molecule is Cc1nc(-c2nccn2C(N)=O)sc1-c1csc(C(=O)N2CCOCC2)n1. The molecule has 0 aliphatic carbocycles. The molecule has 0 saturated carbocycles. The fraction of sp³-hybridized carbons (Fsp3) is 0.312. The van der Waals surface area contributed by atoms with Crippen LogP contribution in [0.15, 0.2) is 17.8 Å². The van der Waals surface area contributed by atoms with Crippen LogP contribution < -0.4 is 5.73 Å². The van der Waals surface area contributed by atoms with Gasteiger partial charge in [-0.15, -0.1) is 22.7 Å². The highest BCUT2D eigenvalue weighted by Gasteiger charge is 2.23. The van der Waals surface area contributed by atoms with Crippen LogP contribution >= 0.6 is 22.7 Å². The Morgan fingerprint density at radius 1 is 1.26 bits per heavy atom. The number of aryl methyl sites for hydroxylation is 1. The first-order valence-electron chi connectivity index (χ1n) is 8.18. The van der Waals surface area contributed by atoms with Crippen molar-refractivity contribution in [1.29, 1.82) is 0 Å². The van der Waals surface area contributed by atoms with Crippen molar-refractivity contribution in [2.24, 2.45) is 5.73 Å². The normalized spacial score (nSPS) is 14.5. The number of carbonyl (C=O) groups excluding carboxylic acids is 2. The second kappa shape index (κ2) is 7.18. The summed E-state index contributed by atoms with van der Waals surface area (Å²) in [5.41, 5.74) is 6.80. The van der Waals surface area contributed by atoms with E-state index in [1.54, 1.807) is 4.90 Å². The van der Waals surface area contributed by atoms with Crippen molar-refractivity contribution in [1.82, 2.24) is 24.4 Å². The monoisotopic (exact) mass is 404 g/mol. The topological polar surface area (TPSA) is 116 Å². The Morgan fingerprint density at radius 3 is 2.78 bits per heavy atom. The lowest BCUT2D eigenvalue weighted by atomic mass is 10.3. The van der Waals surface area contributed by atoms with Gasteiger partial charge in [0.05, 0.1) is 29.5 Å². The molecule has 4 heterocycles. The predicted molar refractivity (Wildman–Crippen MR) is 101 cm³/mol. The van der Waals surface area contributed by atoms with Gasteiger partial charge in [0.25, 0.3) is 5.91 Å². The third-order valence-corrected chi connectivity index (χ3v) is 6.09. The Morgan fingerprint density at radius 2 is 2.04 bits per heavy atom. The number of nitrogens with zero attached hydrogens (tertiary/aromatic N) is 5. The number of hydrogen-bond donors (Lipinski definition) is 1. The molecule has 0 aromatic carbocycles. The van der Waals surface area contributed by atoms with Crippen LogP contribution in [0.3, 0.4) is 0 Å². The highest BCUT2D eigenvalue weighted by Crippen LogP contribution is 2.35. The molecular weight excluding hydrogens is 388 g/mol. The summed E-state index contributed by atoms with van der Waals surface area (Å²) in [6.45, 7) is 4.11. The molecular formula is C16H16N6O3S2. The molecule has 4 rings (SSSR count). The van der Waals surface area contributed by atoms with E-state index >= 15 is 0 Å². The van der Waals surface area contributed by atoms with E-state index in [0.717, 1.165) is 10.6 Å². The zero-order valence-corrected chi connectivity index (χ0v) is 16.0. The zero-order valence-electron chi connectivity index (χ0n) is 14.4. The molecule has 1 saturated heterocycles. The fourth-order valence-corrected chi connectivity index (χ4v) is 4.62. The predicted octanol–water partition coefficient (Wildman–Crippen LogP) is 1.84. The number of imidazole rings is 1. The number of thiazole rings is 2. The molecule has 0 unspecified atom stereocenters. The molecule has 0 atom stereocenters.